The van der Waals surface area contributed by atoms with E-state index in [1.165, 1.54) is 0 Å². The predicted molar refractivity (Wildman–Crippen MR) is 75.5 cm³/mol. The number of nitrogens with zero attached hydrogens (tertiary/aromatic N) is 1. The minimum absolute atomic E-state index is 0.179. The Morgan fingerprint density at radius 3 is 2.53 bits per heavy atom. The molecule has 2 aromatic rings. The zero-order valence-corrected chi connectivity index (χ0v) is 10.7. The Bertz CT molecular complexity index is 636. The minimum Gasteiger partial charge on any atom is -0.297 e. The minimum atomic E-state index is -0.179. The summed E-state index contributed by atoms with van der Waals surface area (Å²) in [6, 6.07) is 13.6. The number of benzene rings is 2. The fraction of sp³-hybridized carbons (Fsp3) is 0. The standard InChI is InChI=1S/C15H10ClNO2/c16-12-6-7-14(17-8-9-18)13(10-12)15(19)11-4-2-1-3-5-11/h1-10H. The van der Waals surface area contributed by atoms with Gasteiger partial charge in [0.15, 0.2) is 12.1 Å². The second-order valence-corrected chi connectivity index (χ2v) is 4.21. The van der Waals surface area contributed by atoms with E-state index in [0.29, 0.717) is 28.1 Å². The molecule has 0 fully saturated rings. The van der Waals surface area contributed by atoms with Crippen LogP contribution in [0.25, 0.3) is 0 Å². The first-order chi connectivity index (χ1) is 9.22. The molecule has 4 heteroatoms. The van der Waals surface area contributed by atoms with Gasteiger partial charge in [-0.3, -0.25) is 14.6 Å². The van der Waals surface area contributed by atoms with Gasteiger partial charge in [0, 0.05) is 16.1 Å². The van der Waals surface area contributed by atoms with Crippen LogP contribution in [0, 0.1) is 0 Å². The summed E-state index contributed by atoms with van der Waals surface area (Å²) < 4.78 is 0. The highest BCUT2D eigenvalue weighted by Gasteiger charge is 2.13. The van der Waals surface area contributed by atoms with Gasteiger partial charge >= 0.3 is 0 Å². The van der Waals surface area contributed by atoms with Crippen molar-refractivity contribution in [2.45, 2.75) is 0 Å². The van der Waals surface area contributed by atoms with Gasteiger partial charge < -0.3 is 0 Å². The number of ketones is 1. The average molecular weight is 272 g/mol. The third kappa shape index (κ3) is 3.14. The van der Waals surface area contributed by atoms with Gasteiger partial charge in [-0.25, -0.2) is 0 Å². The van der Waals surface area contributed by atoms with Crippen molar-refractivity contribution >= 4 is 35.6 Å². The Balaban J connectivity index is 2.48. The molecule has 0 saturated heterocycles. The maximum Gasteiger partial charge on any atom is 0.195 e. The average Bonchev–Trinajstić information content (AvgIpc) is 2.46. The number of aliphatic imine (C=N–C) groups is 1. The van der Waals surface area contributed by atoms with Gasteiger partial charge in [0.25, 0.3) is 0 Å². The fourth-order valence-electron chi connectivity index (χ4n) is 1.66. The van der Waals surface area contributed by atoms with Gasteiger partial charge in [-0.1, -0.05) is 41.9 Å². The summed E-state index contributed by atoms with van der Waals surface area (Å²) in [6.45, 7) is 0. The molecule has 3 nitrogen and oxygen atoms in total. The van der Waals surface area contributed by atoms with E-state index in [9.17, 15) is 9.59 Å². The van der Waals surface area contributed by atoms with Crippen LogP contribution in [0.2, 0.25) is 5.02 Å². The topological polar surface area (TPSA) is 46.5 Å². The van der Waals surface area contributed by atoms with Crippen LogP contribution >= 0.6 is 11.6 Å². The zero-order chi connectivity index (χ0) is 13.7. The van der Waals surface area contributed by atoms with E-state index in [1.54, 1.807) is 42.5 Å². The van der Waals surface area contributed by atoms with Gasteiger partial charge in [-0.15, -0.1) is 0 Å². The third-order valence-electron chi connectivity index (χ3n) is 2.51. The van der Waals surface area contributed by atoms with Crippen molar-refractivity contribution in [1.29, 1.82) is 0 Å². The van der Waals surface area contributed by atoms with E-state index in [-0.39, 0.29) is 5.78 Å². The molecule has 0 aliphatic rings. The normalized spacial score (nSPS) is 10.6. The fourth-order valence-corrected chi connectivity index (χ4v) is 1.83. The molecule has 0 bridgehead atoms. The summed E-state index contributed by atoms with van der Waals surface area (Å²) in [7, 11) is 0. The Morgan fingerprint density at radius 2 is 1.84 bits per heavy atom. The van der Waals surface area contributed by atoms with Crippen LogP contribution in [0.15, 0.2) is 53.5 Å². The van der Waals surface area contributed by atoms with Crippen molar-refractivity contribution in [3.8, 4) is 0 Å². The van der Waals surface area contributed by atoms with Gasteiger partial charge in [0.05, 0.1) is 11.9 Å². The number of rotatable bonds is 4. The van der Waals surface area contributed by atoms with Gasteiger partial charge in [-0.2, -0.15) is 0 Å². The van der Waals surface area contributed by atoms with Crippen LogP contribution in [-0.2, 0) is 4.79 Å². The van der Waals surface area contributed by atoms with Crippen LogP contribution in [0.5, 0.6) is 0 Å². The first-order valence-electron chi connectivity index (χ1n) is 5.59. The molecular weight excluding hydrogens is 262 g/mol. The van der Waals surface area contributed by atoms with Crippen LogP contribution in [-0.4, -0.2) is 18.3 Å². The number of hydrogen-bond acceptors (Lipinski definition) is 3. The molecule has 0 heterocycles. The lowest BCUT2D eigenvalue weighted by molar-refractivity contribution is -0.102. The molecule has 0 aromatic heterocycles. The molecule has 2 aromatic carbocycles. The van der Waals surface area contributed by atoms with E-state index in [0.717, 1.165) is 6.21 Å². The lowest BCUT2D eigenvalue weighted by atomic mass is 10.0. The van der Waals surface area contributed by atoms with Gasteiger partial charge in [-0.05, 0) is 18.2 Å². The second-order valence-electron chi connectivity index (χ2n) is 3.77. The molecule has 0 unspecified atom stereocenters. The molecule has 19 heavy (non-hydrogen) atoms. The summed E-state index contributed by atoms with van der Waals surface area (Å²) in [6.07, 6.45) is 1.66. The lowest BCUT2D eigenvalue weighted by Gasteiger charge is -2.05. The number of carbonyl (C=O) groups is 2. The largest absolute Gasteiger partial charge is 0.297 e. The number of hydrogen-bond donors (Lipinski definition) is 0. The van der Waals surface area contributed by atoms with E-state index in [2.05, 4.69) is 4.99 Å². The quantitative estimate of drug-likeness (QED) is 0.486. The molecule has 94 valence electrons. The van der Waals surface area contributed by atoms with Crippen molar-refractivity contribution < 1.29 is 9.59 Å². The first-order valence-corrected chi connectivity index (χ1v) is 5.97. The first kappa shape index (κ1) is 13.2. The Kier molecular flexibility index (Phi) is 4.21. The van der Waals surface area contributed by atoms with Crippen molar-refractivity contribution in [1.82, 2.24) is 0 Å². The van der Waals surface area contributed by atoms with Crippen LogP contribution in [0.3, 0.4) is 0 Å². The SMILES string of the molecule is O=CC=Nc1ccc(Cl)cc1C(=O)c1ccccc1. The molecule has 0 spiro atoms. The molecule has 2 rings (SSSR count). The Morgan fingerprint density at radius 1 is 1.11 bits per heavy atom. The van der Waals surface area contributed by atoms with Gasteiger partial charge in [0.2, 0.25) is 0 Å². The van der Waals surface area contributed by atoms with Gasteiger partial charge in [0.1, 0.15) is 0 Å². The molecule has 0 N–H and O–H groups in total. The summed E-state index contributed by atoms with van der Waals surface area (Å²) in [5.41, 5.74) is 1.34. The number of carbonyl (C=O) groups excluding carboxylic acids is 2. The molecule has 0 atom stereocenters. The Labute approximate surface area is 115 Å². The second kappa shape index (κ2) is 6.07. The molecule has 0 amide bonds. The molecule has 0 radical (unpaired) electrons. The highest BCUT2D eigenvalue weighted by Crippen LogP contribution is 2.25. The monoisotopic (exact) mass is 271 g/mol. The van der Waals surface area contributed by atoms with Crippen molar-refractivity contribution in [3.05, 3.63) is 64.7 Å². The molecule has 0 saturated carbocycles. The molecular formula is C15H10ClNO2. The number of halogens is 1. The summed E-state index contributed by atoms with van der Waals surface area (Å²) in [4.78, 5) is 26.6. The zero-order valence-electron chi connectivity index (χ0n) is 9.92. The van der Waals surface area contributed by atoms with Crippen LogP contribution in [0.4, 0.5) is 5.69 Å². The van der Waals surface area contributed by atoms with Crippen LogP contribution < -0.4 is 0 Å². The summed E-state index contributed by atoms with van der Waals surface area (Å²) in [5.74, 6) is -0.179. The maximum atomic E-state index is 12.4. The van der Waals surface area contributed by atoms with Crippen molar-refractivity contribution in [2.24, 2.45) is 4.99 Å². The molecule has 0 aliphatic heterocycles. The predicted octanol–water partition coefficient (Wildman–Crippen LogP) is 3.47. The van der Waals surface area contributed by atoms with E-state index in [1.807, 2.05) is 6.07 Å². The van der Waals surface area contributed by atoms with E-state index < -0.39 is 0 Å². The highest BCUT2D eigenvalue weighted by molar-refractivity contribution is 6.31. The maximum absolute atomic E-state index is 12.4. The number of aldehydes is 1. The van der Waals surface area contributed by atoms with E-state index in [4.69, 9.17) is 11.6 Å². The van der Waals surface area contributed by atoms with E-state index >= 15 is 0 Å². The Hall–Kier alpha value is -2.26. The summed E-state index contributed by atoms with van der Waals surface area (Å²) in [5, 5.41) is 0.448. The van der Waals surface area contributed by atoms with Crippen LogP contribution in [0.1, 0.15) is 15.9 Å². The molecule has 0 aliphatic carbocycles. The van der Waals surface area contributed by atoms with Crippen molar-refractivity contribution in [2.75, 3.05) is 0 Å². The van der Waals surface area contributed by atoms with Crippen molar-refractivity contribution in [3.63, 3.8) is 0 Å². The lowest BCUT2D eigenvalue weighted by Crippen LogP contribution is -2.01. The highest BCUT2D eigenvalue weighted by atomic mass is 35.5. The summed E-state index contributed by atoms with van der Waals surface area (Å²) >= 11 is 5.91. The smallest absolute Gasteiger partial charge is 0.195 e. The third-order valence-corrected chi connectivity index (χ3v) is 2.75.